The molecule has 0 aliphatic carbocycles. The summed E-state index contributed by atoms with van der Waals surface area (Å²) in [6, 6.07) is 0.820. The van der Waals surface area contributed by atoms with Gasteiger partial charge in [-0.1, -0.05) is 6.07 Å². The van der Waals surface area contributed by atoms with Crippen LogP contribution in [0.4, 0.5) is 22.0 Å². The van der Waals surface area contributed by atoms with Gasteiger partial charge in [-0.2, -0.15) is 22.0 Å². The largest absolute Gasteiger partial charge is 0.455 e. The molecule has 0 bridgehead atoms. The maximum atomic E-state index is 13.0. The van der Waals surface area contributed by atoms with Gasteiger partial charge in [0.2, 0.25) is 6.79 Å². The standard InChI is InChI=1S/C10H8F5NO2/c11-9(12,10(13,14)15)8(16)5-1-2-6-7(3-5)18-4-17-6/h1-3,8H,4,16H2/t8-/m1/s1. The Labute approximate surface area is 98.3 Å². The number of alkyl halides is 5. The van der Waals surface area contributed by atoms with Crippen LogP contribution in [0, 0.1) is 0 Å². The number of nitrogens with two attached hydrogens (primary N) is 1. The van der Waals surface area contributed by atoms with E-state index in [1.807, 2.05) is 0 Å². The van der Waals surface area contributed by atoms with E-state index in [9.17, 15) is 22.0 Å². The van der Waals surface area contributed by atoms with Gasteiger partial charge in [-0.15, -0.1) is 0 Å². The second-order valence-electron chi connectivity index (χ2n) is 3.71. The Morgan fingerprint density at radius 3 is 2.28 bits per heavy atom. The molecule has 2 N–H and O–H groups in total. The van der Waals surface area contributed by atoms with E-state index >= 15 is 0 Å². The van der Waals surface area contributed by atoms with Crippen LogP contribution < -0.4 is 15.2 Å². The van der Waals surface area contributed by atoms with Crippen LogP contribution in [0.1, 0.15) is 11.6 Å². The van der Waals surface area contributed by atoms with Crippen LogP contribution in [0.2, 0.25) is 0 Å². The minimum atomic E-state index is -5.71. The molecule has 1 aliphatic heterocycles. The molecular weight excluding hydrogens is 261 g/mol. The SMILES string of the molecule is N[C@H](c1ccc2c(c1)OCO2)C(F)(F)C(F)(F)F. The van der Waals surface area contributed by atoms with E-state index in [-0.39, 0.29) is 23.9 Å². The van der Waals surface area contributed by atoms with Crippen molar-refractivity contribution < 1.29 is 31.4 Å². The van der Waals surface area contributed by atoms with Crippen molar-refractivity contribution in [1.82, 2.24) is 0 Å². The average Bonchev–Trinajstić information content (AvgIpc) is 2.73. The third-order valence-electron chi connectivity index (χ3n) is 2.52. The first-order valence-corrected chi connectivity index (χ1v) is 4.83. The van der Waals surface area contributed by atoms with Crippen LogP contribution >= 0.6 is 0 Å². The van der Waals surface area contributed by atoms with Gasteiger partial charge >= 0.3 is 12.1 Å². The third kappa shape index (κ3) is 1.96. The zero-order chi connectivity index (χ0) is 13.6. The molecule has 1 aliphatic rings. The Balaban J connectivity index is 2.32. The zero-order valence-corrected chi connectivity index (χ0v) is 8.80. The minimum Gasteiger partial charge on any atom is -0.454 e. The molecule has 0 amide bonds. The molecule has 100 valence electrons. The molecule has 0 saturated heterocycles. The van der Waals surface area contributed by atoms with Crippen molar-refractivity contribution in [3.05, 3.63) is 23.8 Å². The minimum absolute atomic E-state index is 0.0981. The van der Waals surface area contributed by atoms with Gasteiger partial charge in [0.25, 0.3) is 0 Å². The van der Waals surface area contributed by atoms with E-state index in [4.69, 9.17) is 15.2 Å². The molecule has 0 saturated carbocycles. The third-order valence-corrected chi connectivity index (χ3v) is 2.52. The molecule has 3 nitrogen and oxygen atoms in total. The molecular formula is C10H8F5NO2. The molecule has 18 heavy (non-hydrogen) atoms. The number of hydrogen-bond acceptors (Lipinski definition) is 3. The van der Waals surface area contributed by atoms with Crippen molar-refractivity contribution in [2.45, 2.75) is 18.1 Å². The summed E-state index contributed by atoms with van der Waals surface area (Å²) in [5.74, 6) is -4.64. The number of halogens is 5. The van der Waals surface area contributed by atoms with Crippen LogP contribution in [0.5, 0.6) is 11.5 Å². The smallest absolute Gasteiger partial charge is 0.454 e. The van der Waals surface area contributed by atoms with Crippen LogP contribution in [0.25, 0.3) is 0 Å². The number of ether oxygens (including phenoxy) is 2. The van der Waals surface area contributed by atoms with Crippen LogP contribution in [0.3, 0.4) is 0 Å². The lowest BCUT2D eigenvalue weighted by Gasteiger charge is -2.25. The zero-order valence-electron chi connectivity index (χ0n) is 8.80. The second kappa shape index (κ2) is 3.98. The molecule has 1 aromatic carbocycles. The summed E-state index contributed by atoms with van der Waals surface area (Å²) in [6.07, 6.45) is -5.71. The van der Waals surface area contributed by atoms with Gasteiger partial charge < -0.3 is 15.2 Å². The highest BCUT2D eigenvalue weighted by molar-refractivity contribution is 5.45. The summed E-state index contributed by atoms with van der Waals surface area (Å²) in [6.45, 7) is -0.107. The number of rotatable bonds is 2. The highest BCUT2D eigenvalue weighted by Gasteiger charge is 2.61. The molecule has 0 radical (unpaired) electrons. The van der Waals surface area contributed by atoms with Gasteiger partial charge in [0.1, 0.15) is 6.04 Å². The molecule has 1 heterocycles. The summed E-state index contributed by atoms with van der Waals surface area (Å²) in [5.41, 5.74) is 4.61. The van der Waals surface area contributed by atoms with Gasteiger partial charge in [-0.05, 0) is 17.7 Å². The lowest BCUT2D eigenvalue weighted by atomic mass is 10.0. The van der Waals surface area contributed by atoms with Crippen molar-refractivity contribution in [1.29, 1.82) is 0 Å². The maximum absolute atomic E-state index is 13.0. The van der Waals surface area contributed by atoms with Crippen molar-refractivity contribution in [2.24, 2.45) is 5.73 Å². The van der Waals surface area contributed by atoms with Gasteiger partial charge in [0.05, 0.1) is 0 Å². The summed E-state index contributed by atoms with van der Waals surface area (Å²) in [4.78, 5) is 0. The number of benzene rings is 1. The Hall–Kier alpha value is -1.57. The summed E-state index contributed by atoms with van der Waals surface area (Å²) >= 11 is 0. The van der Waals surface area contributed by atoms with Crippen molar-refractivity contribution in [2.75, 3.05) is 6.79 Å². The molecule has 0 fully saturated rings. The fourth-order valence-electron chi connectivity index (χ4n) is 1.49. The van der Waals surface area contributed by atoms with E-state index in [0.29, 0.717) is 0 Å². The maximum Gasteiger partial charge on any atom is 0.455 e. The summed E-state index contributed by atoms with van der Waals surface area (Å²) in [5, 5.41) is 0. The Morgan fingerprint density at radius 2 is 1.67 bits per heavy atom. The fraction of sp³-hybridized carbons (Fsp3) is 0.400. The lowest BCUT2D eigenvalue weighted by Crippen LogP contribution is -2.45. The normalized spacial score (nSPS) is 16.8. The fourth-order valence-corrected chi connectivity index (χ4v) is 1.49. The molecule has 2 rings (SSSR count). The van der Waals surface area contributed by atoms with E-state index in [1.165, 1.54) is 6.07 Å². The van der Waals surface area contributed by atoms with Crippen LogP contribution in [-0.4, -0.2) is 18.9 Å². The monoisotopic (exact) mass is 269 g/mol. The first-order valence-electron chi connectivity index (χ1n) is 4.83. The highest BCUT2D eigenvalue weighted by atomic mass is 19.4. The number of hydrogen-bond donors (Lipinski definition) is 1. The lowest BCUT2D eigenvalue weighted by molar-refractivity contribution is -0.291. The molecule has 0 aromatic heterocycles. The van der Waals surface area contributed by atoms with Gasteiger partial charge in [-0.25, -0.2) is 0 Å². The first kappa shape index (κ1) is 12.9. The van der Waals surface area contributed by atoms with Gasteiger partial charge in [0, 0.05) is 0 Å². The van der Waals surface area contributed by atoms with E-state index in [0.717, 1.165) is 12.1 Å². The summed E-state index contributed by atoms with van der Waals surface area (Å²) < 4.78 is 72.3. The quantitative estimate of drug-likeness (QED) is 0.839. The molecule has 0 spiro atoms. The predicted molar refractivity (Wildman–Crippen MR) is 50.5 cm³/mol. The summed E-state index contributed by atoms with van der Waals surface area (Å²) in [7, 11) is 0. The van der Waals surface area contributed by atoms with Crippen LogP contribution in [0.15, 0.2) is 18.2 Å². The van der Waals surface area contributed by atoms with Crippen LogP contribution in [-0.2, 0) is 0 Å². The van der Waals surface area contributed by atoms with E-state index < -0.39 is 18.1 Å². The Kier molecular flexibility index (Phi) is 2.84. The molecule has 1 aromatic rings. The highest BCUT2D eigenvalue weighted by Crippen LogP contribution is 2.44. The Morgan fingerprint density at radius 1 is 1.06 bits per heavy atom. The average molecular weight is 269 g/mol. The first-order chi connectivity index (χ1) is 8.23. The van der Waals surface area contributed by atoms with E-state index in [1.54, 1.807) is 0 Å². The Bertz CT molecular complexity index is 460. The predicted octanol–water partition coefficient (Wildman–Crippen LogP) is 2.61. The van der Waals surface area contributed by atoms with E-state index in [2.05, 4.69) is 0 Å². The van der Waals surface area contributed by atoms with Crippen molar-refractivity contribution >= 4 is 0 Å². The van der Waals surface area contributed by atoms with Crippen molar-refractivity contribution in [3.63, 3.8) is 0 Å². The second-order valence-corrected chi connectivity index (χ2v) is 3.71. The molecule has 1 atom stereocenters. The number of fused-ring (bicyclic) bond motifs is 1. The van der Waals surface area contributed by atoms with Crippen molar-refractivity contribution in [3.8, 4) is 11.5 Å². The van der Waals surface area contributed by atoms with Gasteiger partial charge in [0.15, 0.2) is 11.5 Å². The molecule has 0 unspecified atom stereocenters. The van der Waals surface area contributed by atoms with Gasteiger partial charge in [-0.3, -0.25) is 0 Å². The topological polar surface area (TPSA) is 44.5 Å². The molecule has 8 heteroatoms.